The minimum atomic E-state index is -7.50. The second-order valence-electron chi connectivity index (χ2n) is 4.21. The van der Waals surface area contributed by atoms with Gasteiger partial charge in [0.25, 0.3) is 0 Å². The largest absolute Gasteiger partial charge is 0.438 e. The molecule has 2 unspecified atom stereocenters. The Bertz CT molecular complexity index is 353. The van der Waals surface area contributed by atoms with E-state index in [1.165, 1.54) is 0 Å². The van der Waals surface area contributed by atoms with Crippen LogP contribution in [0.2, 0.25) is 0 Å². The average Bonchev–Trinajstić information content (AvgIpc) is 2.22. The van der Waals surface area contributed by atoms with Gasteiger partial charge in [-0.05, 0) is 6.92 Å². The van der Waals surface area contributed by atoms with Crippen molar-refractivity contribution in [1.29, 1.82) is 0 Å². The SMILES string of the molecule is [CH2]C(O)C(C)C(F)(F)C(F)(F)C(F)(C(F)(F)F)C(F)(F)F. The molecule has 0 aliphatic rings. The smallest absolute Gasteiger partial charge is 0.393 e. The van der Waals surface area contributed by atoms with E-state index in [4.69, 9.17) is 5.11 Å². The third kappa shape index (κ3) is 2.78. The van der Waals surface area contributed by atoms with Crippen LogP contribution in [0.15, 0.2) is 0 Å². The molecule has 0 heterocycles. The number of aliphatic hydroxyl groups excluding tert-OH is 1. The highest BCUT2D eigenvalue weighted by molar-refractivity contribution is 5.12. The zero-order valence-electron chi connectivity index (χ0n) is 9.97. The van der Waals surface area contributed by atoms with Crippen molar-refractivity contribution in [2.45, 2.75) is 42.9 Å². The standard InChI is InChI=1S/C9H8F11O/c1-3(4(2)21)5(10,11)7(13,14)6(12,8(15,16)17)9(18,19)20/h3-4,21H,2H2,1H3. The Morgan fingerprint density at radius 3 is 1.24 bits per heavy atom. The molecule has 0 aliphatic heterocycles. The van der Waals surface area contributed by atoms with Gasteiger partial charge >= 0.3 is 29.9 Å². The summed E-state index contributed by atoms with van der Waals surface area (Å²) in [5.41, 5.74) is -7.50. The first kappa shape index (κ1) is 20.2. The van der Waals surface area contributed by atoms with E-state index in [-0.39, 0.29) is 6.92 Å². The van der Waals surface area contributed by atoms with E-state index >= 15 is 0 Å². The number of hydrogen-bond donors (Lipinski definition) is 1. The number of hydrogen-bond acceptors (Lipinski definition) is 1. The van der Waals surface area contributed by atoms with Crippen LogP contribution in [-0.4, -0.2) is 41.1 Å². The maximum Gasteiger partial charge on any atom is 0.438 e. The molecule has 1 N–H and O–H groups in total. The second-order valence-corrected chi connectivity index (χ2v) is 4.21. The number of rotatable bonds is 4. The molecule has 0 aromatic rings. The normalized spacial score (nSPS) is 18.6. The van der Waals surface area contributed by atoms with Crippen LogP contribution in [0.3, 0.4) is 0 Å². The molecule has 0 spiro atoms. The first-order valence-electron chi connectivity index (χ1n) is 4.94. The fraction of sp³-hybridized carbons (Fsp3) is 0.889. The van der Waals surface area contributed by atoms with E-state index in [1.54, 1.807) is 0 Å². The first-order chi connectivity index (χ1) is 8.85. The van der Waals surface area contributed by atoms with Crippen LogP contribution in [-0.2, 0) is 0 Å². The molecule has 0 aromatic heterocycles. The van der Waals surface area contributed by atoms with Crippen LogP contribution < -0.4 is 0 Å². The molecule has 21 heavy (non-hydrogen) atoms. The summed E-state index contributed by atoms with van der Waals surface area (Å²) in [6, 6.07) is 0. The summed E-state index contributed by atoms with van der Waals surface area (Å²) >= 11 is 0. The minimum absolute atomic E-state index is 0.00124. The third-order valence-electron chi connectivity index (χ3n) is 2.78. The summed E-state index contributed by atoms with van der Waals surface area (Å²) in [6.45, 7) is 2.38. The highest BCUT2D eigenvalue weighted by Gasteiger charge is 2.90. The van der Waals surface area contributed by atoms with Crippen molar-refractivity contribution in [2.24, 2.45) is 5.92 Å². The highest BCUT2D eigenvalue weighted by atomic mass is 19.4. The Morgan fingerprint density at radius 2 is 1.05 bits per heavy atom. The second kappa shape index (κ2) is 5.13. The Morgan fingerprint density at radius 1 is 0.762 bits per heavy atom. The predicted octanol–water partition coefficient (Wildman–Crippen LogP) is 3.92. The molecular formula is C9H8F11O. The average molecular weight is 341 g/mol. The van der Waals surface area contributed by atoms with Crippen molar-refractivity contribution in [2.75, 3.05) is 0 Å². The molecule has 0 amide bonds. The van der Waals surface area contributed by atoms with Gasteiger partial charge < -0.3 is 5.11 Å². The maximum absolute atomic E-state index is 13.2. The van der Waals surface area contributed by atoms with Gasteiger partial charge in [0, 0.05) is 0 Å². The molecule has 1 nitrogen and oxygen atoms in total. The molecule has 1 radical (unpaired) electrons. The molecule has 2 atom stereocenters. The van der Waals surface area contributed by atoms with Crippen molar-refractivity contribution in [3.8, 4) is 0 Å². The van der Waals surface area contributed by atoms with Crippen LogP contribution in [0.5, 0.6) is 0 Å². The molecule has 0 saturated heterocycles. The number of alkyl halides is 11. The van der Waals surface area contributed by atoms with E-state index < -0.39 is 41.9 Å². The molecule has 0 fully saturated rings. The van der Waals surface area contributed by atoms with Gasteiger partial charge in [-0.2, -0.15) is 43.9 Å². The van der Waals surface area contributed by atoms with E-state index in [0.29, 0.717) is 0 Å². The third-order valence-corrected chi connectivity index (χ3v) is 2.78. The first-order valence-corrected chi connectivity index (χ1v) is 4.94. The molecule has 12 heteroatoms. The lowest BCUT2D eigenvalue weighted by Crippen LogP contribution is -2.71. The molecule has 0 aromatic carbocycles. The maximum atomic E-state index is 13.2. The van der Waals surface area contributed by atoms with Crippen LogP contribution in [0.1, 0.15) is 6.92 Å². The molecule has 0 bridgehead atoms. The van der Waals surface area contributed by atoms with Crippen molar-refractivity contribution < 1.29 is 53.4 Å². The molecule has 0 rings (SSSR count). The molecule has 127 valence electrons. The van der Waals surface area contributed by atoms with Crippen molar-refractivity contribution in [1.82, 2.24) is 0 Å². The van der Waals surface area contributed by atoms with Gasteiger partial charge in [0.05, 0.1) is 12.0 Å². The zero-order valence-corrected chi connectivity index (χ0v) is 9.97. The number of halogens is 11. The summed E-state index contributed by atoms with van der Waals surface area (Å²) in [4.78, 5) is 0. The zero-order chi connectivity index (χ0) is 17.7. The van der Waals surface area contributed by atoms with E-state index in [2.05, 4.69) is 6.92 Å². The predicted molar refractivity (Wildman–Crippen MR) is 46.4 cm³/mol. The lowest BCUT2D eigenvalue weighted by atomic mass is 9.83. The van der Waals surface area contributed by atoms with Crippen molar-refractivity contribution in [3.63, 3.8) is 0 Å². The van der Waals surface area contributed by atoms with Crippen LogP contribution in [0.4, 0.5) is 48.3 Å². The highest BCUT2D eigenvalue weighted by Crippen LogP contribution is 2.60. The van der Waals surface area contributed by atoms with E-state index in [9.17, 15) is 48.3 Å². The molecule has 0 aliphatic carbocycles. The lowest BCUT2D eigenvalue weighted by Gasteiger charge is -2.41. The Hall–Kier alpha value is -0.810. The quantitative estimate of drug-likeness (QED) is 0.769. The van der Waals surface area contributed by atoms with Crippen LogP contribution in [0, 0.1) is 12.8 Å². The van der Waals surface area contributed by atoms with E-state index in [0.717, 1.165) is 0 Å². The van der Waals surface area contributed by atoms with Gasteiger partial charge in [-0.3, -0.25) is 0 Å². The summed E-state index contributed by atoms with van der Waals surface area (Å²) in [5.74, 6) is -16.6. The molecule has 0 saturated carbocycles. The summed E-state index contributed by atoms with van der Waals surface area (Å²) in [6.07, 6.45) is -17.4. The Labute approximate surface area is 110 Å². The van der Waals surface area contributed by atoms with Gasteiger partial charge in [0.2, 0.25) is 0 Å². The van der Waals surface area contributed by atoms with Gasteiger partial charge in [-0.1, -0.05) is 6.92 Å². The van der Waals surface area contributed by atoms with Gasteiger partial charge in [0.15, 0.2) is 0 Å². The Balaban J connectivity index is 6.28. The summed E-state index contributed by atoms with van der Waals surface area (Å²) < 4.78 is 138. The summed E-state index contributed by atoms with van der Waals surface area (Å²) in [7, 11) is 0. The number of aliphatic hydroxyl groups is 1. The fourth-order valence-electron chi connectivity index (χ4n) is 1.27. The van der Waals surface area contributed by atoms with Crippen LogP contribution >= 0.6 is 0 Å². The van der Waals surface area contributed by atoms with Crippen molar-refractivity contribution in [3.05, 3.63) is 6.92 Å². The monoisotopic (exact) mass is 341 g/mol. The summed E-state index contributed by atoms with van der Waals surface area (Å²) in [5, 5.41) is 8.58. The van der Waals surface area contributed by atoms with Crippen molar-refractivity contribution >= 4 is 0 Å². The van der Waals surface area contributed by atoms with Gasteiger partial charge in [-0.15, -0.1) is 0 Å². The van der Waals surface area contributed by atoms with Gasteiger partial charge in [0.1, 0.15) is 0 Å². The topological polar surface area (TPSA) is 20.2 Å². The Kier molecular flexibility index (Phi) is 4.93. The van der Waals surface area contributed by atoms with E-state index in [1.807, 2.05) is 0 Å². The molecular weight excluding hydrogens is 333 g/mol. The lowest BCUT2D eigenvalue weighted by molar-refractivity contribution is -0.432. The fourth-order valence-corrected chi connectivity index (χ4v) is 1.27. The van der Waals surface area contributed by atoms with Gasteiger partial charge in [-0.25, -0.2) is 4.39 Å². The minimum Gasteiger partial charge on any atom is -0.393 e. The van der Waals surface area contributed by atoms with Crippen LogP contribution in [0.25, 0.3) is 0 Å².